The van der Waals surface area contributed by atoms with Gasteiger partial charge in [-0.3, -0.25) is 4.98 Å². The molecule has 0 unspecified atom stereocenters. The quantitative estimate of drug-likeness (QED) is 0.344. The summed E-state index contributed by atoms with van der Waals surface area (Å²) in [6.07, 6.45) is 11.5. The van der Waals surface area contributed by atoms with Gasteiger partial charge in [0, 0.05) is 31.0 Å². The van der Waals surface area contributed by atoms with Crippen LogP contribution in [0.5, 0.6) is 0 Å². The van der Waals surface area contributed by atoms with Crippen molar-refractivity contribution in [3.63, 3.8) is 0 Å². The number of para-hydroxylation sites is 1. The first kappa shape index (κ1) is 23.3. The van der Waals surface area contributed by atoms with Crippen LogP contribution in [0.1, 0.15) is 19.5 Å². The Morgan fingerprint density at radius 1 is 0.697 bits per heavy atom. The Hall–Kier alpha value is -4.40. The van der Waals surface area contributed by atoms with Gasteiger partial charge in [0.2, 0.25) is 0 Å². The molecular weight excluding hydrogens is 414 g/mol. The molecule has 0 radical (unpaired) electrons. The smallest absolute Gasteiger partial charge is 0.181 e. The average molecular weight is 440 g/mol. The summed E-state index contributed by atoms with van der Waals surface area (Å²) in [5, 5.41) is 1.20. The van der Waals surface area contributed by atoms with Gasteiger partial charge in [0.15, 0.2) is 11.3 Å². The molecule has 0 aliphatic heterocycles. The second-order valence-corrected chi connectivity index (χ2v) is 6.47. The molecule has 9 heteroatoms. The summed E-state index contributed by atoms with van der Waals surface area (Å²) in [5.41, 5.74) is 5.06. The van der Waals surface area contributed by atoms with Crippen molar-refractivity contribution in [2.75, 3.05) is 0 Å². The van der Waals surface area contributed by atoms with Gasteiger partial charge >= 0.3 is 0 Å². The van der Waals surface area contributed by atoms with E-state index in [-0.39, 0.29) is 0 Å². The maximum atomic E-state index is 4.18. The summed E-state index contributed by atoms with van der Waals surface area (Å²) in [5.74, 6) is 0. The zero-order chi connectivity index (χ0) is 23.5. The molecule has 0 aliphatic carbocycles. The first-order chi connectivity index (χ1) is 16.2. The third-order valence-corrected chi connectivity index (χ3v) is 4.34. The molecule has 0 spiro atoms. The molecule has 0 fully saturated rings. The van der Waals surface area contributed by atoms with Gasteiger partial charge in [0.1, 0.15) is 23.7 Å². The Morgan fingerprint density at radius 3 is 2.27 bits per heavy atom. The number of hydrogen-bond donors (Lipinski definition) is 0. The van der Waals surface area contributed by atoms with Crippen LogP contribution >= 0.6 is 0 Å². The van der Waals surface area contributed by atoms with Gasteiger partial charge in [0.05, 0.1) is 23.7 Å². The van der Waals surface area contributed by atoms with Crippen molar-refractivity contribution < 1.29 is 0 Å². The van der Waals surface area contributed by atoms with E-state index in [1.54, 1.807) is 24.9 Å². The normalized spacial score (nSPS) is 9.82. The Kier molecular flexibility index (Phi) is 8.35. The van der Waals surface area contributed by atoms with Crippen LogP contribution in [0.4, 0.5) is 0 Å². The van der Waals surface area contributed by atoms with E-state index in [9.17, 15) is 0 Å². The van der Waals surface area contributed by atoms with Crippen LogP contribution in [-0.4, -0.2) is 44.4 Å². The van der Waals surface area contributed by atoms with E-state index >= 15 is 0 Å². The highest BCUT2D eigenvalue weighted by molar-refractivity contribution is 5.77. The first-order valence-corrected chi connectivity index (χ1v) is 10.5. The van der Waals surface area contributed by atoms with Crippen molar-refractivity contribution >= 4 is 33.2 Å². The van der Waals surface area contributed by atoms with E-state index < -0.39 is 0 Å². The number of imidazole rings is 1. The van der Waals surface area contributed by atoms with E-state index in [0.29, 0.717) is 5.65 Å². The van der Waals surface area contributed by atoms with Crippen molar-refractivity contribution in [1.82, 2.24) is 44.4 Å². The highest BCUT2D eigenvalue weighted by Crippen LogP contribution is 2.08. The van der Waals surface area contributed by atoms with E-state index in [4.69, 9.17) is 0 Å². The molecule has 6 rings (SSSR count). The summed E-state index contributed by atoms with van der Waals surface area (Å²) in [6.45, 7) is 5.89. The number of aryl methyl sites for hydroxylation is 2. The molecular formula is C24H25N9. The lowest BCUT2D eigenvalue weighted by Gasteiger charge is -1.94. The molecule has 1 aromatic carbocycles. The van der Waals surface area contributed by atoms with E-state index in [0.717, 1.165) is 27.9 Å². The second-order valence-electron chi connectivity index (χ2n) is 6.47. The van der Waals surface area contributed by atoms with Crippen LogP contribution in [-0.2, 0) is 7.05 Å². The largest absolute Gasteiger partial charge is 0.318 e. The fourth-order valence-electron chi connectivity index (χ4n) is 2.81. The maximum absolute atomic E-state index is 4.18. The molecule has 0 saturated carbocycles. The Bertz CT molecular complexity index is 1360. The van der Waals surface area contributed by atoms with Gasteiger partial charge in [-0.05, 0) is 19.1 Å². The molecule has 6 aromatic rings. The second kappa shape index (κ2) is 11.8. The van der Waals surface area contributed by atoms with Gasteiger partial charge in [-0.2, -0.15) is 0 Å². The number of hydrogen-bond acceptors (Lipinski definition) is 8. The van der Waals surface area contributed by atoms with Gasteiger partial charge < -0.3 is 4.57 Å². The average Bonchev–Trinajstić information content (AvgIpc) is 3.27. The van der Waals surface area contributed by atoms with Crippen molar-refractivity contribution in [3.05, 3.63) is 85.9 Å². The molecule has 0 amide bonds. The Labute approximate surface area is 191 Å². The zero-order valence-electron chi connectivity index (χ0n) is 19.0. The summed E-state index contributed by atoms with van der Waals surface area (Å²) >= 11 is 0. The van der Waals surface area contributed by atoms with Gasteiger partial charge in [-0.1, -0.05) is 38.1 Å². The van der Waals surface area contributed by atoms with Crippen LogP contribution < -0.4 is 0 Å². The Morgan fingerprint density at radius 2 is 1.48 bits per heavy atom. The lowest BCUT2D eigenvalue weighted by molar-refractivity contribution is 0.928. The summed E-state index contributed by atoms with van der Waals surface area (Å²) < 4.78 is 1.86. The molecule has 33 heavy (non-hydrogen) atoms. The molecule has 0 bridgehead atoms. The fourth-order valence-corrected chi connectivity index (χ4v) is 2.81. The predicted molar refractivity (Wildman–Crippen MR) is 129 cm³/mol. The highest BCUT2D eigenvalue weighted by Gasteiger charge is 1.98. The summed E-state index contributed by atoms with van der Waals surface area (Å²) in [7, 11) is 1.91. The standard InChI is InChI=1S/C9H7N.C7H6N4.C6H6N4.C2H6/c1-2-6-9-8(4-1)5-3-7-10-9;1-5-6-7(11-4-10-5)9-3-2-8-6;1-10-4-9-5-2-7-3-8-6(5)10;1-2/h1-7H;2-4H,1H3;2-4H,1H3;1-2H3. The third kappa shape index (κ3) is 6.07. The van der Waals surface area contributed by atoms with Gasteiger partial charge in [-0.25, -0.2) is 34.9 Å². The topological polar surface area (TPSA) is 108 Å². The monoisotopic (exact) mass is 439 g/mol. The van der Waals surface area contributed by atoms with Crippen molar-refractivity contribution in [3.8, 4) is 0 Å². The molecule has 166 valence electrons. The SMILES string of the molecule is CC.Cc1ncnc2nccnc12.Cn1cnc2cncnc21.c1ccc2ncccc2c1. The first-order valence-electron chi connectivity index (χ1n) is 10.5. The summed E-state index contributed by atoms with van der Waals surface area (Å²) in [4.78, 5) is 32.2. The molecule has 5 heterocycles. The van der Waals surface area contributed by atoms with Crippen LogP contribution in [0.15, 0.2) is 80.2 Å². The third-order valence-electron chi connectivity index (χ3n) is 4.34. The van der Waals surface area contributed by atoms with E-state index in [1.165, 1.54) is 18.0 Å². The fraction of sp³-hybridized carbons (Fsp3) is 0.167. The molecule has 9 nitrogen and oxygen atoms in total. The number of aromatic nitrogens is 9. The molecule has 0 N–H and O–H groups in total. The van der Waals surface area contributed by atoms with Gasteiger partial charge in [0.25, 0.3) is 0 Å². The van der Waals surface area contributed by atoms with E-state index in [1.807, 2.05) is 62.8 Å². The minimum Gasteiger partial charge on any atom is -0.318 e. The molecule has 5 aromatic heterocycles. The number of pyridine rings is 1. The van der Waals surface area contributed by atoms with Crippen LogP contribution in [0.3, 0.4) is 0 Å². The number of nitrogens with zero attached hydrogens (tertiary/aromatic N) is 9. The van der Waals surface area contributed by atoms with Crippen molar-refractivity contribution in [1.29, 1.82) is 0 Å². The van der Waals surface area contributed by atoms with Crippen LogP contribution in [0.25, 0.3) is 33.2 Å². The van der Waals surface area contributed by atoms with Crippen molar-refractivity contribution in [2.45, 2.75) is 20.8 Å². The zero-order valence-corrected chi connectivity index (χ0v) is 19.0. The minimum atomic E-state index is 0.653. The number of fused-ring (bicyclic) bond motifs is 3. The molecule has 0 atom stereocenters. The number of rotatable bonds is 0. The van der Waals surface area contributed by atoms with E-state index in [2.05, 4.69) is 52.0 Å². The lowest BCUT2D eigenvalue weighted by Crippen LogP contribution is -1.91. The minimum absolute atomic E-state index is 0.653. The predicted octanol–water partition coefficient (Wildman–Crippen LogP) is 4.35. The molecule has 0 saturated heterocycles. The van der Waals surface area contributed by atoms with Gasteiger partial charge in [-0.15, -0.1) is 0 Å². The van der Waals surface area contributed by atoms with Crippen LogP contribution in [0.2, 0.25) is 0 Å². The maximum Gasteiger partial charge on any atom is 0.181 e. The Balaban J connectivity index is 0.000000134. The highest BCUT2D eigenvalue weighted by atomic mass is 15.1. The lowest BCUT2D eigenvalue weighted by atomic mass is 10.2. The molecule has 0 aliphatic rings. The number of benzene rings is 1. The van der Waals surface area contributed by atoms with Crippen LogP contribution in [0, 0.1) is 6.92 Å². The van der Waals surface area contributed by atoms with Crippen molar-refractivity contribution in [2.24, 2.45) is 7.05 Å². The summed E-state index contributed by atoms with van der Waals surface area (Å²) in [6, 6.07) is 12.1.